The number of benzene rings is 1. The summed E-state index contributed by atoms with van der Waals surface area (Å²) in [6, 6.07) is 7.18. The zero-order valence-corrected chi connectivity index (χ0v) is 9.34. The molecule has 2 aromatic heterocycles. The van der Waals surface area contributed by atoms with E-state index in [4.69, 9.17) is 9.15 Å². The first-order chi connectivity index (χ1) is 7.79. The van der Waals surface area contributed by atoms with Gasteiger partial charge in [-0.05, 0) is 29.0 Å². The average Bonchev–Trinajstić information content (AvgIpc) is 2.73. The lowest BCUT2D eigenvalue weighted by atomic mass is 10.1. The Bertz CT molecular complexity index is 724. The van der Waals surface area contributed by atoms with Crippen LogP contribution in [0.25, 0.3) is 21.1 Å². The van der Waals surface area contributed by atoms with E-state index in [0.29, 0.717) is 11.3 Å². The number of hydrogen-bond acceptors (Lipinski definition) is 4. The van der Waals surface area contributed by atoms with Crippen molar-refractivity contribution in [2.24, 2.45) is 0 Å². The Hall–Kier alpha value is -1.81. The van der Waals surface area contributed by atoms with Crippen molar-refractivity contribution in [3.63, 3.8) is 0 Å². The Balaban J connectivity index is 2.60. The van der Waals surface area contributed by atoms with Gasteiger partial charge in [0.1, 0.15) is 0 Å². The van der Waals surface area contributed by atoms with Gasteiger partial charge < -0.3 is 9.15 Å². The monoisotopic (exact) mass is 232 g/mol. The molecule has 2 heterocycles. The molecule has 1 aromatic carbocycles. The highest BCUT2D eigenvalue weighted by Crippen LogP contribution is 2.37. The standard InChI is InChI=1S/C12H8O3S/c1-14-11-10-7(2-3-9(13)15-10)6-8-4-5-16-12(8)11/h2-6H,1H3. The lowest BCUT2D eigenvalue weighted by Crippen LogP contribution is -1.96. The van der Waals surface area contributed by atoms with Gasteiger partial charge in [0.05, 0.1) is 11.8 Å². The van der Waals surface area contributed by atoms with Crippen molar-refractivity contribution in [2.75, 3.05) is 7.11 Å². The summed E-state index contributed by atoms with van der Waals surface area (Å²) in [4.78, 5) is 11.2. The number of fused-ring (bicyclic) bond motifs is 2. The molecule has 0 amide bonds. The molecule has 0 aliphatic carbocycles. The van der Waals surface area contributed by atoms with Crippen LogP contribution in [0.2, 0.25) is 0 Å². The average molecular weight is 232 g/mol. The summed E-state index contributed by atoms with van der Waals surface area (Å²) < 4.78 is 11.5. The molecule has 0 aliphatic rings. The number of methoxy groups -OCH3 is 1. The van der Waals surface area contributed by atoms with E-state index >= 15 is 0 Å². The van der Waals surface area contributed by atoms with Crippen LogP contribution in [0.3, 0.4) is 0 Å². The van der Waals surface area contributed by atoms with Crippen LogP contribution in [-0.2, 0) is 0 Å². The van der Waals surface area contributed by atoms with Crippen LogP contribution in [-0.4, -0.2) is 7.11 Å². The maximum atomic E-state index is 11.2. The maximum absolute atomic E-state index is 11.2. The van der Waals surface area contributed by atoms with Gasteiger partial charge in [-0.1, -0.05) is 0 Å². The summed E-state index contributed by atoms with van der Waals surface area (Å²) in [6.45, 7) is 0. The van der Waals surface area contributed by atoms with E-state index in [1.165, 1.54) is 6.07 Å². The van der Waals surface area contributed by atoms with Crippen molar-refractivity contribution in [1.29, 1.82) is 0 Å². The van der Waals surface area contributed by atoms with E-state index in [1.807, 2.05) is 17.5 Å². The molecule has 3 rings (SSSR count). The molecule has 0 saturated carbocycles. The Morgan fingerprint density at radius 3 is 2.94 bits per heavy atom. The zero-order valence-electron chi connectivity index (χ0n) is 8.52. The van der Waals surface area contributed by atoms with E-state index in [0.717, 1.165) is 15.5 Å². The van der Waals surface area contributed by atoms with E-state index in [1.54, 1.807) is 24.5 Å². The van der Waals surface area contributed by atoms with E-state index < -0.39 is 0 Å². The maximum Gasteiger partial charge on any atom is 0.336 e. The number of ether oxygens (including phenoxy) is 1. The second kappa shape index (κ2) is 3.35. The lowest BCUT2D eigenvalue weighted by molar-refractivity contribution is 0.412. The summed E-state index contributed by atoms with van der Waals surface area (Å²) in [6.07, 6.45) is 0. The lowest BCUT2D eigenvalue weighted by Gasteiger charge is -2.04. The van der Waals surface area contributed by atoms with Crippen LogP contribution >= 0.6 is 11.3 Å². The van der Waals surface area contributed by atoms with E-state index in [2.05, 4.69) is 0 Å². The van der Waals surface area contributed by atoms with Crippen LogP contribution < -0.4 is 10.4 Å². The first-order valence-corrected chi connectivity index (χ1v) is 5.65. The van der Waals surface area contributed by atoms with Gasteiger partial charge in [0.25, 0.3) is 0 Å². The summed E-state index contributed by atoms with van der Waals surface area (Å²) in [7, 11) is 1.58. The van der Waals surface area contributed by atoms with Gasteiger partial charge in [-0.2, -0.15) is 0 Å². The second-order valence-corrected chi connectivity index (χ2v) is 4.34. The van der Waals surface area contributed by atoms with Gasteiger partial charge in [-0.25, -0.2) is 4.79 Å². The molecule has 0 unspecified atom stereocenters. The van der Waals surface area contributed by atoms with Crippen LogP contribution in [0.4, 0.5) is 0 Å². The van der Waals surface area contributed by atoms with E-state index in [-0.39, 0.29) is 5.63 Å². The fourth-order valence-corrected chi connectivity index (χ4v) is 2.69. The second-order valence-electron chi connectivity index (χ2n) is 3.42. The van der Waals surface area contributed by atoms with Gasteiger partial charge in [0, 0.05) is 11.5 Å². The molecule has 0 saturated heterocycles. The van der Waals surface area contributed by atoms with Crippen LogP contribution in [0.15, 0.2) is 38.9 Å². The molecule has 0 aliphatic heterocycles. The number of thiophene rings is 1. The zero-order chi connectivity index (χ0) is 11.1. The Morgan fingerprint density at radius 2 is 2.12 bits per heavy atom. The number of rotatable bonds is 1. The molecule has 4 heteroatoms. The highest BCUT2D eigenvalue weighted by molar-refractivity contribution is 7.17. The Morgan fingerprint density at radius 1 is 1.25 bits per heavy atom. The third-order valence-corrected chi connectivity index (χ3v) is 3.42. The fraction of sp³-hybridized carbons (Fsp3) is 0.0833. The van der Waals surface area contributed by atoms with Crippen LogP contribution in [0, 0.1) is 0 Å². The molecule has 0 bridgehead atoms. The first-order valence-electron chi connectivity index (χ1n) is 4.77. The van der Waals surface area contributed by atoms with Crippen molar-refractivity contribution in [3.8, 4) is 5.75 Å². The van der Waals surface area contributed by atoms with Gasteiger partial charge in [0.15, 0.2) is 11.3 Å². The fourth-order valence-electron chi connectivity index (χ4n) is 1.79. The minimum Gasteiger partial charge on any atom is -0.491 e. The summed E-state index contributed by atoms with van der Waals surface area (Å²) in [5, 5.41) is 3.97. The summed E-state index contributed by atoms with van der Waals surface area (Å²) in [5.41, 5.74) is 0.159. The molecule has 80 valence electrons. The predicted molar refractivity (Wildman–Crippen MR) is 64.4 cm³/mol. The predicted octanol–water partition coefficient (Wildman–Crippen LogP) is 3.02. The van der Waals surface area contributed by atoms with Crippen molar-refractivity contribution >= 4 is 32.4 Å². The molecule has 0 atom stereocenters. The minimum absolute atomic E-state index is 0.360. The highest BCUT2D eigenvalue weighted by Gasteiger charge is 2.11. The van der Waals surface area contributed by atoms with Crippen LogP contribution in [0.5, 0.6) is 5.75 Å². The minimum atomic E-state index is -0.360. The quantitative estimate of drug-likeness (QED) is 0.605. The molecular formula is C12H8O3S. The highest BCUT2D eigenvalue weighted by atomic mass is 32.1. The van der Waals surface area contributed by atoms with Gasteiger partial charge in [-0.3, -0.25) is 0 Å². The third-order valence-electron chi connectivity index (χ3n) is 2.49. The van der Waals surface area contributed by atoms with Crippen molar-refractivity contribution in [3.05, 3.63) is 40.1 Å². The molecule has 0 radical (unpaired) electrons. The normalized spacial score (nSPS) is 11.1. The molecule has 0 N–H and O–H groups in total. The van der Waals surface area contributed by atoms with Gasteiger partial charge in [-0.15, -0.1) is 11.3 Å². The molecule has 3 nitrogen and oxygen atoms in total. The summed E-state index contributed by atoms with van der Waals surface area (Å²) >= 11 is 1.57. The topological polar surface area (TPSA) is 39.4 Å². The summed E-state index contributed by atoms with van der Waals surface area (Å²) in [5.74, 6) is 0.639. The Kier molecular flexibility index (Phi) is 1.97. The first kappa shape index (κ1) is 9.42. The van der Waals surface area contributed by atoms with E-state index in [9.17, 15) is 4.79 Å². The van der Waals surface area contributed by atoms with Crippen molar-refractivity contribution in [2.45, 2.75) is 0 Å². The smallest absolute Gasteiger partial charge is 0.336 e. The van der Waals surface area contributed by atoms with Crippen molar-refractivity contribution in [1.82, 2.24) is 0 Å². The molecule has 16 heavy (non-hydrogen) atoms. The largest absolute Gasteiger partial charge is 0.491 e. The molecule has 3 aromatic rings. The SMILES string of the molecule is COc1c2oc(=O)ccc2cc2ccsc12. The van der Waals surface area contributed by atoms with Crippen molar-refractivity contribution < 1.29 is 9.15 Å². The third kappa shape index (κ3) is 1.23. The Labute approximate surface area is 94.9 Å². The van der Waals surface area contributed by atoms with Gasteiger partial charge >= 0.3 is 5.63 Å². The number of hydrogen-bond donors (Lipinski definition) is 0. The molecule has 0 fully saturated rings. The van der Waals surface area contributed by atoms with Crippen LogP contribution in [0.1, 0.15) is 0 Å². The van der Waals surface area contributed by atoms with Gasteiger partial charge in [0.2, 0.25) is 0 Å². The molecular weight excluding hydrogens is 224 g/mol. The molecule has 0 spiro atoms.